The first kappa shape index (κ1) is 32.8. The van der Waals surface area contributed by atoms with Crippen molar-refractivity contribution < 1.29 is 23.5 Å². The molecule has 43 heavy (non-hydrogen) atoms. The Labute approximate surface area is 264 Å². The van der Waals surface area contributed by atoms with Gasteiger partial charge in [-0.2, -0.15) is 5.26 Å². The highest BCUT2D eigenvalue weighted by atomic mass is 79.9. The fraction of sp³-hybridized carbons (Fsp3) is 0.548. The molecule has 3 saturated heterocycles. The van der Waals surface area contributed by atoms with Crippen LogP contribution in [0.4, 0.5) is 14.9 Å². The number of benzene rings is 1. The predicted octanol–water partition coefficient (Wildman–Crippen LogP) is 5.51. The highest BCUT2D eigenvalue weighted by Crippen LogP contribution is 2.41. The molecule has 4 heterocycles. The number of nitrogens with two attached hydrogens (primary N) is 1. The summed E-state index contributed by atoms with van der Waals surface area (Å²) in [4.78, 5) is 31.6. The number of amides is 2. The molecule has 4 fully saturated rings. The molecular formula is C31H37BrFN5O4S. The van der Waals surface area contributed by atoms with Crippen molar-refractivity contribution in [2.24, 2.45) is 5.92 Å². The SMILES string of the molecule is CC(C)(C)OC(=O)N1CC2CC1C2.CSc1nc2c(F)c(Br)c(CCC#N)cc2c(N)c1C#CC(C)N1CCOCC1=O. The molecule has 3 aliphatic heterocycles. The van der Waals surface area contributed by atoms with Gasteiger partial charge in [0.25, 0.3) is 0 Å². The molecule has 9 nitrogen and oxygen atoms in total. The smallest absolute Gasteiger partial charge is 0.410 e. The zero-order valence-electron chi connectivity index (χ0n) is 25.1. The number of hydrogen-bond acceptors (Lipinski definition) is 8. The summed E-state index contributed by atoms with van der Waals surface area (Å²) in [5.41, 5.74) is 7.70. The van der Waals surface area contributed by atoms with Crippen LogP contribution in [0.1, 0.15) is 58.1 Å². The predicted molar refractivity (Wildman–Crippen MR) is 168 cm³/mol. The molecule has 230 valence electrons. The molecule has 2 N–H and O–H groups in total. The Bertz CT molecular complexity index is 1510. The van der Waals surface area contributed by atoms with Crippen LogP contribution >= 0.6 is 27.7 Å². The Balaban J connectivity index is 0.000000269. The number of aromatic nitrogens is 1. The summed E-state index contributed by atoms with van der Waals surface area (Å²) in [6.07, 6.45) is 4.74. The molecule has 1 unspecified atom stereocenters. The van der Waals surface area contributed by atoms with Crippen molar-refractivity contribution in [3.05, 3.63) is 27.5 Å². The summed E-state index contributed by atoms with van der Waals surface area (Å²) in [6, 6.07) is 3.99. The van der Waals surface area contributed by atoms with Crippen molar-refractivity contribution in [2.75, 3.05) is 38.3 Å². The Morgan fingerprint density at radius 2 is 2.12 bits per heavy atom. The molecule has 6 rings (SSSR count). The number of rotatable bonds is 4. The first-order valence-electron chi connectivity index (χ1n) is 14.2. The third-order valence-corrected chi connectivity index (χ3v) is 9.11. The highest BCUT2D eigenvalue weighted by molar-refractivity contribution is 9.10. The van der Waals surface area contributed by atoms with Crippen molar-refractivity contribution in [3.63, 3.8) is 0 Å². The average molecular weight is 675 g/mol. The molecule has 4 aliphatic rings. The minimum absolute atomic E-state index is 0.0569. The van der Waals surface area contributed by atoms with Crippen LogP contribution in [0.2, 0.25) is 0 Å². The van der Waals surface area contributed by atoms with Gasteiger partial charge in [-0.05, 0) is 86.7 Å². The van der Waals surface area contributed by atoms with E-state index >= 15 is 0 Å². The normalized spacial score (nSPS) is 19.9. The number of thioether (sulfide) groups is 1. The molecule has 1 atom stereocenters. The van der Waals surface area contributed by atoms with Gasteiger partial charge in [-0.1, -0.05) is 11.8 Å². The third kappa shape index (κ3) is 7.54. The maximum absolute atomic E-state index is 15.0. The number of nitrogen functional groups attached to an aromatic ring is 1. The van der Waals surface area contributed by atoms with Crippen LogP contribution in [0, 0.1) is 34.9 Å². The number of carbonyl (C=O) groups excluding carboxylic acids is 2. The van der Waals surface area contributed by atoms with E-state index in [1.54, 1.807) is 11.0 Å². The summed E-state index contributed by atoms with van der Waals surface area (Å²) < 4.78 is 25.7. The third-order valence-electron chi connectivity index (χ3n) is 7.57. The van der Waals surface area contributed by atoms with E-state index in [1.165, 1.54) is 24.6 Å². The van der Waals surface area contributed by atoms with Crippen molar-refractivity contribution in [3.8, 4) is 17.9 Å². The molecule has 12 heteroatoms. The van der Waals surface area contributed by atoms with E-state index in [0.29, 0.717) is 57.3 Å². The zero-order valence-corrected chi connectivity index (χ0v) is 27.5. The van der Waals surface area contributed by atoms with Gasteiger partial charge >= 0.3 is 6.09 Å². The van der Waals surface area contributed by atoms with Crippen molar-refractivity contribution in [1.82, 2.24) is 14.8 Å². The number of ether oxygens (including phenoxy) is 2. The van der Waals surface area contributed by atoms with Gasteiger partial charge < -0.3 is 25.0 Å². The Morgan fingerprint density at radius 3 is 2.70 bits per heavy atom. The van der Waals surface area contributed by atoms with Crippen molar-refractivity contribution in [2.45, 2.75) is 76.1 Å². The standard InChI is InChI=1S/C21H20BrFN4O2S.C10H17NO2/c1-12(27-8-9-29-11-16(27)28)5-6-14-19(25)15-10-13(4-3-7-24)17(22)18(23)20(15)26-21(14)30-2;1-10(2,3)13-9(12)11-6-7-4-8(11)5-7/h10,12H,3-4,8-9,11H2,1-2H3,(H2,25,26);7-8H,4-6H2,1-3H3. The monoisotopic (exact) mass is 673 g/mol. The quantitative estimate of drug-likeness (QED) is 0.333. The van der Waals surface area contributed by atoms with Gasteiger partial charge in [0.2, 0.25) is 5.91 Å². The molecular weight excluding hydrogens is 637 g/mol. The van der Waals surface area contributed by atoms with E-state index in [9.17, 15) is 14.0 Å². The van der Waals surface area contributed by atoms with Crippen LogP contribution in [-0.2, 0) is 20.7 Å². The number of carbonyl (C=O) groups is 2. The van der Waals surface area contributed by atoms with Crippen LogP contribution in [0.15, 0.2) is 15.6 Å². The number of hydrogen-bond donors (Lipinski definition) is 1. The summed E-state index contributed by atoms with van der Waals surface area (Å²) in [7, 11) is 0. The topological polar surface area (TPSA) is 122 Å². The maximum atomic E-state index is 15.0. The molecule has 1 saturated carbocycles. The number of aryl methyl sites for hydroxylation is 1. The second-order valence-electron chi connectivity index (χ2n) is 11.8. The second-order valence-corrected chi connectivity index (χ2v) is 13.4. The van der Waals surface area contributed by atoms with Crippen LogP contribution < -0.4 is 5.73 Å². The number of morpholine rings is 1. The van der Waals surface area contributed by atoms with Crippen LogP contribution in [0.25, 0.3) is 10.9 Å². The first-order valence-corrected chi connectivity index (χ1v) is 16.3. The molecule has 2 aromatic rings. The molecule has 0 spiro atoms. The van der Waals surface area contributed by atoms with Gasteiger partial charge in [-0.3, -0.25) is 4.79 Å². The summed E-state index contributed by atoms with van der Waals surface area (Å²) in [5, 5.41) is 9.84. The van der Waals surface area contributed by atoms with E-state index in [2.05, 4.69) is 38.8 Å². The second kappa shape index (κ2) is 13.7. The van der Waals surface area contributed by atoms with Crippen LogP contribution in [0.3, 0.4) is 0 Å². The van der Waals surface area contributed by atoms with E-state index in [4.69, 9.17) is 20.5 Å². The molecule has 1 aromatic heterocycles. The summed E-state index contributed by atoms with van der Waals surface area (Å²) in [6.45, 7) is 9.50. The molecule has 2 bridgehead atoms. The summed E-state index contributed by atoms with van der Waals surface area (Å²) in [5.74, 6) is 6.29. The van der Waals surface area contributed by atoms with E-state index in [1.807, 2.05) is 38.9 Å². The van der Waals surface area contributed by atoms with Crippen LogP contribution in [0.5, 0.6) is 0 Å². The zero-order chi connectivity index (χ0) is 31.5. The maximum Gasteiger partial charge on any atom is 0.410 e. The molecule has 1 aliphatic carbocycles. The summed E-state index contributed by atoms with van der Waals surface area (Å²) >= 11 is 4.60. The molecule has 2 amide bonds. The lowest BCUT2D eigenvalue weighted by atomic mass is 9.86. The number of fused-ring (bicyclic) bond motifs is 2. The highest BCUT2D eigenvalue weighted by Gasteiger charge is 2.46. The largest absolute Gasteiger partial charge is 0.444 e. The lowest BCUT2D eigenvalue weighted by Gasteiger charge is -2.29. The number of nitriles is 1. The van der Waals surface area contributed by atoms with E-state index < -0.39 is 5.82 Å². The van der Waals surface area contributed by atoms with Gasteiger partial charge in [0, 0.05) is 30.9 Å². The number of anilines is 1. The Morgan fingerprint density at radius 1 is 1.40 bits per heavy atom. The van der Waals surface area contributed by atoms with Gasteiger partial charge in [0.1, 0.15) is 22.8 Å². The van der Waals surface area contributed by atoms with Gasteiger partial charge in [0.05, 0.1) is 34.4 Å². The fourth-order valence-electron chi connectivity index (χ4n) is 5.30. The van der Waals surface area contributed by atoms with Gasteiger partial charge in [-0.25, -0.2) is 14.2 Å². The number of halogens is 2. The van der Waals surface area contributed by atoms with Gasteiger partial charge in [0.15, 0.2) is 5.82 Å². The molecule has 1 aromatic carbocycles. The molecule has 0 radical (unpaired) electrons. The van der Waals surface area contributed by atoms with Crippen molar-refractivity contribution >= 4 is 56.3 Å². The van der Waals surface area contributed by atoms with Crippen LogP contribution in [-0.4, -0.2) is 77.0 Å². The van der Waals surface area contributed by atoms with Gasteiger partial charge in [-0.15, -0.1) is 11.8 Å². The Kier molecular flexibility index (Phi) is 10.5. The first-order chi connectivity index (χ1) is 20.3. The lowest BCUT2D eigenvalue weighted by Crippen LogP contribution is -2.46. The fourth-order valence-corrected chi connectivity index (χ4v) is 6.35. The average Bonchev–Trinajstić information content (AvgIpc) is 3.56. The minimum atomic E-state index is -0.505. The van der Waals surface area contributed by atoms with E-state index in [-0.39, 0.29) is 42.2 Å². The van der Waals surface area contributed by atoms with Crippen molar-refractivity contribution in [1.29, 1.82) is 5.26 Å². The van der Waals surface area contributed by atoms with E-state index in [0.717, 1.165) is 12.5 Å². The minimum Gasteiger partial charge on any atom is -0.444 e. The number of pyridine rings is 1. The number of nitrogens with zero attached hydrogens (tertiary/aromatic N) is 4. The Hall–Kier alpha value is -3.06. The lowest BCUT2D eigenvalue weighted by molar-refractivity contribution is -0.143.